The van der Waals surface area contributed by atoms with E-state index in [2.05, 4.69) is 15.9 Å². The van der Waals surface area contributed by atoms with E-state index in [4.69, 9.17) is 0 Å². The maximum atomic E-state index is 12.3. The number of sulfone groups is 1. The van der Waals surface area contributed by atoms with Crippen LogP contribution < -0.4 is 0 Å². The third kappa shape index (κ3) is 3.23. The Morgan fingerprint density at radius 3 is 2.38 bits per heavy atom. The van der Waals surface area contributed by atoms with Gasteiger partial charge in [0.15, 0.2) is 9.84 Å². The Hall–Kier alpha value is -1.74. The van der Waals surface area contributed by atoms with Crippen LogP contribution in [-0.4, -0.2) is 67.1 Å². The molecule has 0 saturated carbocycles. The van der Waals surface area contributed by atoms with Crippen LogP contribution in [0.4, 0.5) is 0 Å². The number of carbonyl (C=O) groups excluding carboxylic acids is 3. The largest absolute Gasteiger partial charge is 0.341 e. The van der Waals surface area contributed by atoms with Crippen LogP contribution in [0.2, 0.25) is 0 Å². The van der Waals surface area contributed by atoms with Crippen molar-refractivity contribution in [3.8, 4) is 0 Å². The Balaban J connectivity index is 1.63. The van der Waals surface area contributed by atoms with Crippen molar-refractivity contribution in [3.63, 3.8) is 0 Å². The molecule has 1 aromatic carbocycles. The van der Waals surface area contributed by atoms with Crippen LogP contribution in [0.15, 0.2) is 22.7 Å². The average molecular weight is 415 g/mol. The predicted molar refractivity (Wildman–Crippen MR) is 89.4 cm³/mol. The van der Waals surface area contributed by atoms with Gasteiger partial charge in [0.05, 0.1) is 22.6 Å². The van der Waals surface area contributed by atoms with Crippen molar-refractivity contribution in [2.45, 2.75) is 6.42 Å². The number of hydrogen-bond donors (Lipinski definition) is 0. The van der Waals surface area contributed by atoms with Crippen LogP contribution in [0.3, 0.4) is 0 Å². The van der Waals surface area contributed by atoms with E-state index in [1.807, 2.05) is 0 Å². The average Bonchev–Trinajstić information content (AvgIpc) is 2.76. The highest BCUT2D eigenvalue weighted by Gasteiger charge is 2.36. The molecule has 1 saturated heterocycles. The van der Waals surface area contributed by atoms with Gasteiger partial charge in [0, 0.05) is 30.5 Å². The second kappa shape index (κ2) is 6.29. The van der Waals surface area contributed by atoms with Crippen LogP contribution in [0.1, 0.15) is 27.1 Å². The van der Waals surface area contributed by atoms with Gasteiger partial charge in [-0.05, 0) is 18.2 Å². The summed E-state index contributed by atoms with van der Waals surface area (Å²) >= 11 is 3.26. The van der Waals surface area contributed by atoms with Crippen molar-refractivity contribution < 1.29 is 22.8 Å². The summed E-state index contributed by atoms with van der Waals surface area (Å²) < 4.78 is 23.5. The van der Waals surface area contributed by atoms with Gasteiger partial charge in [0.2, 0.25) is 5.91 Å². The molecule has 0 aromatic heterocycles. The molecule has 3 rings (SSSR count). The minimum Gasteiger partial charge on any atom is -0.341 e. The molecule has 0 radical (unpaired) electrons. The highest BCUT2D eigenvalue weighted by Crippen LogP contribution is 2.26. The molecular formula is C15H15BrN2O5S. The zero-order chi connectivity index (χ0) is 17.5. The minimum atomic E-state index is -3.05. The van der Waals surface area contributed by atoms with Crippen LogP contribution in [-0.2, 0) is 14.6 Å². The van der Waals surface area contributed by atoms with Crippen molar-refractivity contribution >= 4 is 43.5 Å². The molecule has 0 bridgehead atoms. The first-order valence-corrected chi connectivity index (χ1v) is 10.0. The van der Waals surface area contributed by atoms with E-state index in [9.17, 15) is 22.8 Å². The van der Waals surface area contributed by atoms with Crippen molar-refractivity contribution in [1.29, 1.82) is 0 Å². The number of nitrogens with zero attached hydrogens (tertiary/aromatic N) is 2. The number of benzene rings is 1. The molecule has 1 fully saturated rings. The smallest absolute Gasteiger partial charge is 0.261 e. The summed E-state index contributed by atoms with van der Waals surface area (Å²) in [5, 5.41) is 0. The highest BCUT2D eigenvalue weighted by atomic mass is 79.9. The Kier molecular flexibility index (Phi) is 4.48. The fourth-order valence-corrected chi connectivity index (χ4v) is 4.36. The van der Waals surface area contributed by atoms with E-state index >= 15 is 0 Å². The van der Waals surface area contributed by atoms with Crippen LogP contribution in [0, 0.1) is 0 Å². The van der Waals surface area contributed by atoms with E-state index in [1.165, 1.54) is 4.90 Å². The lowest BCUT2D eigenvalue weighted by Gasteiger charge is -2.27. The van der Waals surface area contributed by atoms with Gasteiger partial charge in [-0.2, -0.15) is 0 Å². The normalized spacial score (nSPS) is 19.5. The lowest BCUT2D eigenvalue weighted by atomic mass is 10.1. The molecule has 24 heavy (non-hydrogen) atoms. The molecule has 9 heteroatoms. The molecule has 0 unspecified atom stereocenters. The molecule has 0 atom stereocenters. The topological polar surface area (TPSA) is 91.8 Å². The molecule has 0 N–H and O–H groups in total. The van der Waals surface area contributed by atoms with Gasteiger partial charge in [-0.15, -0.1) is 0 Å². The van der Waals surface area contributed by atoms with Gasteiger partial charge in [-0.25, -0.2) is 8.42 Å². The zero-order valence-corrected chi connectivity index (χ0v) is 15.1. The highest BCUT2D eigenvalue weighted by molar-refractivity contribution is 9.10. The Bertz CT molecular complexity index is 822. The molecule has 128 valence electrons. The third-order valence-electron chi connectivity index (χ3n) is 4.18. The summed E-state index contributed by atoms with van der Waals surface area (Å²) in [6.45, 7) is 0.318. The van der Waals surface area contributed by atoms with Crippen LogP contribution in [0.25, 0.3) is 0 Å². The number of imide groups is 1. The number of fused-ring (bicyclic) bond motifs is 1. The van der Waals surface area contributed by atoms with Crippen molar-refractivity contribution in [2.24, 2.45) is 0 Å². The van der Waals surface area contributed by atoms with Gasteiger partial charge in [-0.3, -0.25) is 19.3 Å². The SMILES string of the molecule is O=C(CCN1C(=O)c2ccc(Br)cc2C1=O)N1CCS(=O)(=O)CC1. The molecular weight excluding hydrogens is 400 g/mol. The number of amides is 3. The van der Waals surface area contributed by atoms with E-state index < -0.39 is 21.7 Å². The second-order valence-electron chi connectivity index (χ2n) is 5.73. The summed E-state index contributed by atoms with van der Waals surface area (Å²) in [6, 6.07) is 4.86. The Morgan fingerprint density at radius 1 is 1.08 bits per heavy atom. The summed E-state index contributed by atoms with van der Waals surface area (Å²) in [5.41, 5.74) is 0.658. The summed E-state index contributed by atoms with van der Waals surface area (Å²) in [7, 11) is -3.05. The minimum absolute atomic E-state index is 0.00726. The monoisotopic (exact) mass is 414 g/mol. The van der Waals surface area contributed by atoms with Crippen molar-refractivity contribution in [3.05, 3.63) is 33.8 Å². The molecule has 2 aliphatic rings. The maximum absolute atomic E-state index is 12.3. The summed E-state index contributed by atoms with van der Waals surface area (Å²) in [6.07, 6.45) is -0.00726. The van der Waals surface area contributed by atoms with E-state index in [-0.39, 0.29) is 43.5 Å². The van der Waals surface area contributed by atoms with Gasteiger partial charge in [0.25, 0.3) is 11.8 Å². The Labute approximate surface area is 147 Å². The molecule has 0 spiro atoms. The third-order valence-corrected chi connectivity index (χ3v) is 6.28. The Morgan fingerprint density at radius 2 is 1.71 bits per heavy atom. The van der Waals surface area contributed by atoms with Gasteiger partial charge >= 0.3 is 0 Å². The molecule has 3 amide bonds. The number of hydrogen-bond acceptors (Lipinski definition) is 5. The lowest BCUT2D eigenvalue weighted by Crippen LogP contribution is -2.45. The molecule has 2 heterocycles. The number of halogens is 1. The quantitative estimate of drug-likeness (QED) is 0.678. The summed E-state index contributed by atoms with van der Waals surface area (Å²) in [5.74, 6) is -1.15. The van der Waals surface area contributed by atoms with Crippen molar-refractivity contribution in [1.82, 2.24) is 9.80 Å². The summed E-state index contributed by atoms with van der Waals surface area (Å²) in [4.78, 5) is 39.3. The maximum Gasteiger partial charge on any atom is 0.261 e. The lowest BCUT2D eigenvalue weighted by molar-refractivity contribution is -0.130. The number of carbonyl (C=O) groups is 3. The van der Waals surface area contributed by atoms with E-state index in [0.717, 1.165) is 4.90 Å². The standard InChI is InChI=1S/C15H15BrN2O5S/c16-10-1-2-11-12(9-10)15(21)18(14(11)20)4-3-13(19)17-5-7-24(22,23)8-6-17/h1-2,9H,3-8H2. The molecule has 2 aliphatic heterocycles. The van der Waals surface area contributed by atoms with Crippen molar-refractivity contribution in [2.75, 3.05) is 31.1 Å². The van der Waals surface area contributed by atoms with Crippen LogP contribution >= 0.6 is 15.9 Å². The van der Waals surface area contributed by atoms with Crippen LogP contribution in [0.5, 0.6) is 0 Å². The second-order valence-corrected chi connectivity index (χ2v) is 8.95. The fraction of sp³-hybridized carbons (Fsp3) is 0.400. The first kappa shape index (κ1) is 17.1. The molecule has 1 aromatic rings. The van der Waals surface area contributed by atoms with Gasteiger partial charge in [0.1, 0.15) is 0 Å². The fourth-order valence-electron chi connectivity index (χ4n) is 2.79. The van der Waals surface area contributed by atoms with Gasteiger partial charge < -0.3 is 4.90 Å². The molecule has 0 aliphatic carbocycles. The number of rotatable bonds is 3. The zero-order valence-electron chi connectivity index (χ0n) is 12.7. The van der Waals surface area contributed by atoms with E-state index in [0.29, 0.717) is 15.6 Å². The first-order chi connectivity index (χ1) is 11.3. The van der Waals surface area contributed by atoms with Gasteiger partial charge in [-0.1, -0.05) is 15.9 Å². The molecule has 7 nitrogen and oxygen atoms in total. The van der Waals surface area contributed by atoms with E-state index in [1.54, 1.807) is 18.2 Å². The predicted octanol–water partition coefficient (Wildman–Crippen LogP) is 0.692. The first-order valence-electron chi connectivity index (χ1n) is 7.42.